The van der Waals surface area contributed by atoms with E-state index in [4.69, 9.17) is 15.0 Å². The minimum absolute atomic E-state index is 0.528. The molecule has 6 heteroatoms. The van der Waals surface area contributed by atoms with Crippen LogP contribution < -0.4 is 5.73 Å². The van der Waals surface area contributed by atoms with Gasteiger partial charge in [-0.3, -0.25) is 4.90 Å². The van der Waals surface area contributed by atoms with E-state index in [1.54, 1.807) is 0 Å². The SMILES string of the molecule is CN(Cc1nc(C(C)(C)N)no1)C1CCOCC1. The zero-order chi connectivity index (χ0) is 13.2. The topological polar surface area (TPSA) is 77.4 Å². The van der Waals surface area contributed by atoms with E-state index in [0.717, 1.165) is 26.1 Å². The second kappa shape index (κ2) is 5.34. The lowest BCUT2D eigenvalue weighted by Gasteiger charge is -2.29. The largest absolute Gasteiger partial charge is 0.381 e. The van der Waals surface area contributed by atoms with Gasteiger partial charge in [0.2, 0.25) is 5.89 Å². The molecule has 18 heavy (non-hydrogen) atoms. The van der Waals surface area contributed by atoms with Crippen LogP contribution in [0.1, 0.15) is 38.4 Å². The van der Waals surface area contributed by atoms with Crippen molar-refractivity contribution >= 4 is 0 Å². The molecule has 1 aliphatic heterocycles. The third-order valence-electron chi connectivity index (χ3n) is 3.24. The molecule has 0 spiro atoms. The first kappa shape index (κ1) is 13.5. The van der Waals surface area contributed by atoms with Crippen LogP contribution in [0.5, 0.6) is 0 Å². The number of nitrogens with zero attached hydrogens (tertiary/aromatic N) is 3. The Balaban J connectivity index is 1.94. The molecule has 1 fully saturated rings. The van der Waals surface area contributed by atoms with Gasteiger partial charge < -0.3 is 15.0 Å². The molecule has 0 aliphatic carbocycles. The van der Waals surface area contributed by atoms with Crippen LogP contribution in [0.15, 0.2) is 4.52 Å². The van der Waals surface area contributed by atoms with Crippen molar-refractivity contribution in [1.29, 1.82) is 0 Å². The average Bonchev–Trinajstić information content (AvgIpc) is 2.78. The van der Waals surface area contributed by atoms with Gasteiger partial charge in [0.05, 0.1) is 12.1 Å². The number of nitrogens with two attached hydrogens (primary N) is 1. The Morgan fingerprint density at radius 2 is 2.06 bits per heavy atom. The first-order valence-corrected chi connectivity index (χ1v) is 6.37. The Morgan fingerprint density at radius 3 is 2.61 bits per heavy atom. The number of aromatic nitrogens is 2. The standard InChI is InChI=1S/C12H22N4O2/c1-12(2,13)11-14-10(18-15-11)8-16(3)9-4-6-17-7-5-9/h9H,4-8,13H2,1-3H3. The second-order valence-corrected chi connectivity index (χ2v) is 5.49. The fourth-order valence-electron chi connectivity index (χ4n) is 2.05. The number of hydrogen-bond donors (Lipinski definition) is 1. The van der Waals surface area contributed by atoms with Crippen molar-refractivity contribution in [3.05, 3.63) is 11.7 Å². The van der Waals surface area contributed by atoms with Crippen LogP contribution in [0.3, 0.4) is 0 Å². The summed E-state index contributed by atoms with van der Waals surface area (Å²) in [7, 11) is 2.08. The van der Waals surface area contributed by atoms with Crippen molar-refractivity contribution in [1.82, 2.24) is 15.0 Å². The molecule has 1 aromatic heterocycles. The molecule has 6 nitrogen and oxygen atoms in total. The molecule has 0 bridgehead atoms. The number of ether oxygens (including phenoxy) is 1. The summed E-state index contributed by atoms with van der Waals surface area (Å²) < 4.78 is 10.6. The summed E-state index contributed by atoms with van der Waals surface area (Å²) >= 11 is 0. The van der Waals surface area contributed by atoms with Gasteiger partial charge in [0.25, 0.3) is 0 Å². The normalized spacial score (nSPS) is 18.5. The molecule has 0 atom stereocenters. The zero-order valence-corrected chi connectivity index (χ0v) is 11.3. The molecular weight excluding hydrogens is 232 g/mol. The Morgan fingerprint density at radius 1 is 1.39 bits per heavy atom. The van der Waals surface area contributed by atoms with Crippen LogP contribution in [-0.2, 0) is 16.8 Å². The van der Waals surface area contributed by atoms with Gasteiger partial charge >= 0.3 is 0 Å². The molecular formula is C12H22N4O2. The van der Waals surface area contributed by atoms with E-state index in [1.807, 2.05) is 13.8 Å². The maximum Gasteiger partial charge on any atom is 0.240 e. The second-order valence-electron chi connectivity index (χ2n) is 5.49. The van der Waals surface area contributed by atoms with Gasteiger partial charge in [0.15, 0.2) is 5.82 Å². The van der Waals surface area contributed by atoms with Crippen molar-refractivity contribution in [2.75, 3.05) is 20.3 Å². The van der Waals surface area contributed by atoms with Gasteiger partial charge in [0.1, 0.15) is 0 Å². The average molecular weight is 254 g/mol. The summed E-state index contributed by atoms with van der Waals surface area (Å²) in [5, 5.41) is 3.92. The molecule has 2 heterocycles. The third-order valence-corrected chi connectivity index (χ3v) is 3.24. The van der Waals surface area contributed by atoms with Gasteiger partial charge in [-0.25, -0.2) is 0 Å². The molecule has 0 amide bonds. The Hall–Kier alpha value is -0.980. The summed E-state index contributed by atoms with van der Waals surface area (Å²) in [5.74, 6) is 1.18. The van der Waals surface area contributed by atoms with Gasteiger partial charge in [0, 0.05) is 19.3 Å². The molecule has 0 radical (unpaired) electrons. The van der Waals surface area contributed by atoms with E-state index in [2.05, 4.69) is 22.1 Å². The number of hydrogen-bond acceptors (Lipinski definition) is 6. The fourth-order valence-corrected chi connectivity index (χ4v) is 2.05. The number of rotatable bonds is 4. The highest BCUT2D eigenvalue weighted by molar-refractivity contribution is 4.99. The molecule has 0 aromatic carbocycles. The van der Waals surface area contributed by atoms with Crippen molar-refractivity contribution < 1.29 is 9.26 Å². The maximum absolute atomic E-state index is 5.93. The van der Waals surface area contributed by atoms with Crippen LogP contribution >= 0.6 is 0 Å². The maximum atomic E-state index is 5.93. The lowest BCUT2D eigenvalue weighted by atomic mass is 10.1. The fraction of sp³-hybridized carbons (Fsp3) is 0.833. The summed E-state index contributed by atoms with van der Waals surface area (Å²) in [6, 6.07) is 0.528. The highest BCUT2D eigenvalue weighted by Crippen LogP contribution is 2.17. The van der Waals surface area contributed by atoms with Crippen molar-refractivity contribution in [2.45, 2.75) is 44.8 Å². The van der Waals surface area contributed by atoms with E-state index in [1.165, 1.54) is 0 Å². The quantitative estimate of drug-likeness (QED) is 0.859. The van der Waals surface area contributed by atoms with Crippen LogP contribution in [0, 0.1) is 0 Å². The van der Waals surface area contributed by atoms with Gasteiger partial charge in [-0.15, -0.1) is 0 Å². The molecule has 0 unspecified atom stereocenters. The molecule has 1 aliphatic rings. The van der Waals surface area contributed by atoms with Gasteiger partial charge in [-0.2, -0.15) is 4.98 Å². The van der Waals surface area contributed by atoms with E-state index in [0.29, 0.717) is 24.3 Å². The van der Waals surface area contributed by atoms with Gasteiger partial charge in [-0.05, 0) is 33.7 Å². The molecule has 2 rings (SSSR count). The Labute approximate surface area is 107 Å². The first-order valence-electron chi connectivity index (χ1n) is 6.37. The van der Waals surface area contributed by atoms with Crippen LogP contribution in [-0.4, -0.2) is 41.3 Å². The summed E-state index contributed by atoms with van der Waals surface area (Å²) in [6.45, 7) is 6.06. The molecule has 2 N–H and O–H groups in total. The zero-order valence-electron chi connectivity index (χ0n) is 11.3. The predicted molar refractivity (Wildman–Crippen MR) is 66.8 cm³/mol. The van der Waals surface area contributed by atoms with Crippen LogP contribution in [0.25, 0.3) is 0 Å². The van der Waals surface area contributed by atoms with E-state index < -0.39 is 5.54 Å². The van der Waals surface area contributed by atoms with Crippen molar-refractivity contribution in [3.8, 4) is 0 Å². The molecule has 1 aromatic rings. The summed E-state index contributed by atoms with van der Waals surface area (Å²) in [5.41, 5.74) is 5.37. The Bertz CT molecular complexity index is 380. The highest BCUT2D eigenvalue weighted by atomic mass is 16.5. The van der Waals surface area contributed by atoms with E-state index in [9.17, 15) is 0 Å². The van der Waals surface area contributed by atoms with E-state index >= 15 is 0 Å². The summed E-state index contributed by atoms with van der Waals surface area (Å²) in [6.07, 6.45) is 2.11. The smallest absolute Gasteiger partial charge is 0.240 e. The van der Waals surface area contributed by atoms with E-state index in [-0.39, 0.29) is 0 Å². The monoisotopic (exact) mass is 254 g/mol. The predicted octanol–water partition coefficient (Wildman–Crippen LogP) is 0.874. The van der Waals surface area contributed by atoms with Gasteiger partial charge in [-0.1, -0.05) is 5.16 Å². The first-order chi connectivity index (χ1) is 8.47. The molecule has 102 valence electrons. The minimum Gasteiger partial charge on any atom is -0.381 e. The Kier molecular flexibility index (Phi) is 3.99. The van der Waals surface area contributed by atoms with Crippen LogP contribution in [0.4, 0.5) is 0 Å². The molecule has 0 saturated carbocycles. The van der Waals surface area contributed by atoms with Crippen molar-refractivity contribution in [2.24, 2.45) is 5.73 Å². The third kappa shape index (κ3) is 3.28. The lowest BCUT2D eigenvalue weighted by molar-refractivity contribution is 0.0376. The highest BCUT2D eigenvalue weighted by Gasteiger charge is 2.24. The lowest BCUT2D eigenvalue weighted by Crippen LogP contribution is -2.36. The van der Waals surface area contributed by atoms with Crippen molar-refractivity contribution in [3.63, 3.8) is 0 Å². The molecule has 1 saturated heterocycles. The minimum atomic E-state index is -0.557. The summed E-state index contributed by atoms with van der Waals surface area (Å²) in [4.78, 5) is 6.58. The van der Waals surface area contributed by atoms with Crippen LogP contribution in [0.2, 0.25) is 0 Å².